The van der Waals surface area contributed by atoms with Crippen LogP contribution in [0.3, 0.4) is 0 Å². The van der Waals surface area contributed by atoms with Gasteiger partial charge < -0.3 is 20.1 Å². The first kappa shape index (κ1) is 11.7. The number of hydrogen-bond donors (Lipinski definition) is 3. The summed E-state index contributed by atoms with van der Waals surface area (Å²) in [6.07, 6.45) is 1.04. The van der Waals surface area contributed by atoms with Crippen LogP contribution in [-0.4, -0.2) is 38.3 Å². The summed E-state index contributed by atoms with van der Waals surface area (Å²) >= 11 is 0. The van der Waals surface area contributed by atoms with Gasteiger partial charge in [0.15, 0.2) is 0 Å². The molecule has 0 saturated heterocycles. The number of nitrogens with zero attached hydrogens (tertiary/aromatic N) is 2. The highest BCUT2D eigenvalue weighted by molar-refractivity contribution is 5.72. The molecule has 1 aromatic rings. The average molecular weight is 213 g/mol. The van der Waals surface area contributed by atoms with Crippen molar-refractivity contribution in [2.75, 3.05) is 6.54 Å². The van der Waals surface area contributed by atoms with Gasteiger partial charge in [-0.15, -0.1) is 0 Å². The molecular formula is C9H15N3O3. The molecule has 0 radical (unpaired) electrons. The Balaban J connectivity index is 2.57. The van der Waals surface area contributed by atoms with Gasteiger partial charge in [0.2, 0.25) is 5.91 Å². The molecule has 0 fully saturated rings. The molecule has 15 heavy (non-hydrogen) atoms. The zero-order valence-electron chi connectivity index (χ0n) is 8.71. The van der Waals surface area contributed by atoms with Crippen molar-refractivity contribution in [1.82, 2.24) is 14.9 Å². The molecular weight excluding hydrogens is 198 g/mol. The summed E-state index contributed by atoms with van der Waals surface area (Å²) in [6.45, 7) is 1.35. The van der Waals surface area contributed by atoms with E-state index in [1.54, 1.807) is 17.8 Å². The fraction of sp³-hybridized carbons (Fsp3) is 0.556. The van der Waals surface area contributed by atoms with E-state index in [4.69, 9.17) is 0 Å². The molecule has 1 amide bonds. The monoisotopic (exact) mass is 213 g/mol. The lowest BCUT2D eigenvalue weighted by Crippen LogP contribution is -2.35. The molecule has 0 aliphatic carbocycles. The topological polar surface area (TPSA) is 87.4 Å². The first-order valence-electron chi connectivity index (χ1n) is 4.60. The summed E-state index contributed by atoms with van der Waals surface area (Å²) < 4.78 is 1.61. The molecule has 3 N–H and O–H groups in total. The number of aliphatic hydroxyl groups excluding tert-OH is 2. The van der Waals surface area contributed by atoms with Crippen LogP contribution in [0.5, 0.6) is 0 Å². The first-order valence-corrected chi connectivity index (χ1v) is 4.60. The van der Waals surface area contributed by atoms with Gasteiger partial charge in [-0.25, -0.2) is 4.98 Å². The van der Waals surface area contributed by atoms with Gasteiger partial charge in [0, 0.05) is 32.9 Å². The number of carbonyl (C=O) groups excluding carboxylic acids is 1. The van der Waals surface area contributed by atoms with Crippen molar-refractivity contribution in [1.29, 1.82) is 0 Å². The minimum atomic E-state index is -1.10. The molecule has 84 valence electrons. The maximum Gasteiger partial charge on any atom is 0.216 e. The molecule has 0 aliphatic rings. The number of carbonyl (C=O) groups is 1. The van der Waals surface area contributed by atoms with Gasteiger partial charge in [0.1, 0.15) is 18.0 Å². The molecule has 2 unspecified atom stereocenters. The normalized spacial score (nSPS) is 14.7. The van der Waals surface area contributed by atoms with Crippen LogP contribution in [-0.2, 0) is 11.8 Å². The zero-order valence-corrected chi connectivity index (χ0v) is 8.71. The van der Waals surface area contributed by atoms with Crippen LogP contribution in [0.2, 0.25) is 0 Å². The Kier molecular flexibility index (Phi) is 3.81. The van der Waals surface area contributed by atoms with Gasteiger partial charge in [-0.05, 0) is 0 Å². The predicted molar refractivity (Wildman–Crippen MR) is 52.9 cm³/mol. The highest BCUT2D eigenvalue weighted by atomic mass is 16.3. The Morgan fingerprint density at radius 3 is 2.80 bits per heavy atom. The van der Waals surface area contributed by atoms with Gasteiger partial charge in [0.25, 0.3) is 0 Å². The van der Waals surface area contributed by atoms with Crippen LogP contribution in [0.25, 0.3) is 0 Å². The maximum atomic E-state index is 10.6. The number of aryl methyl sites for hydroxylation is 1. The summed E-state index contributed by atoms with van der Waals surface area (Å²) in [5, 5.41) is 21.7. The maximum absolute atomic E-state index is 10.6. The second kappa shape index (κ2) is 4.90. The number of rotatable bonds is 4. The summed E-state index contributed by atoms with van der Waals surface area (Å²) in [5.41, 5.74) is 0. The lowest BCUT2D eigenvalue weighted by atomic mass is 10.2. The third-order valence-electron chi connectivity index (χ3n) is 2.05. The third-order valence-corrected chi connectivity index (χ3v) is 2.05. The number of imidazole rings is 1. The SMILES string of the molecule is CC(=O)NCC(O)C(O)c1nccn1C. The van der Waals surface area contributed by atoms with Gasteiger partial charge in [0.05, 0.1) is 0 Å². The average Bonchev–Trinajstić information content (AvgIpc) is 2.59. The molecule has 0 saturated carbocycles. The smallest absolute Gasteiger partial charge is 0.216 e. The molecule has 0 aliphatic heterocycles. The Morgan fingerprint density at radius 1 is 1.67 bits per heavy atom. The Morgan fingerprint density at radius 2 is 2.33 bits per heavy atom. The fourth-order valence-corrected chi connectivity index (χ4v) is 1.19. The number of aliphatic hydroxyl groups is 2. The summed E-state index contributed by atoms with van der Waals surface area (Å²) in [5.74, 6) is 0.119. The molecule has 1 rings (SSSR count). The van der Waals surface area contributed by atoms with E-state index >= 15 is 0 Å². The molecule has 1 aromatic heterocycles. The number of aromatic nitrogens is 2. The molecule has 0 spiro atoms. The molecule has 1 heterocycles. The van der Waals surface area contributed by atoms with E-state index in [0.29, 0.717) is 5.82 Å². The Labute approximate surface area is 87.6 Å². The lowest BCUT2D eigenvalue weighted by Gasteiger charge is -2.17. The van der Waals surface area contributed by atoms with Crippen LogP contribution in [0.1, 0.15) is 18.9 Å². The van der Waals surface area contributed by atoms with E-state index in [1.165, 1.54) is 13.1 Å². The van der Waals surface area contributed by atoms with Crippen molar-refractivity contribution in [3.8, 4) is 0 Å². The summed E-state index contributed by atoms with van der Waals surface area (Å²) in [4.78, 5) is 14.5. The largest absolute Gasteiger partial charge is 0.388 e. The highest BCUT2D eigenvalue weighted by Gasteiger charge is 2.21. The van der Waals surface area contributed by atoms with E-state index in [9.17, 15) is 15.0 Å². The van der Waals surface area contributed by atoms with E-state index < -0.39 is 12.2 Å². The van der Waals surface area contributed by atoms with Crippen LogP contribution in [0, 0.1) is 0 Å². The molecule has 0 aromatic carbocycles. The summed E-state index contributed by atoms with van der Waals surface area (Å²) in [7, 11) is 1.72. The Bertz CT molecular complexity index is 337. The third kappa shape index (κ3) is 3.03. The number of nitrogens with one attached hydrogen (secondary N) is 1. The van der Waals surface area contributed by atoms with Crippen molar-refractivity contribution < 1.29 is 15.0 Å². The van der Waals surface area contributed by atoms with Crippen LogP contribution >= 0.6 is 0 Å². The van der Waals surface area contributed by atoms with Gasteiger partial charge in [-0.3, -0.25) is 4.79 Å². The fourth-order valence-electron chi connectivity index (χ4n) is 1.19. The van der Waals surface area contributed by atoms with E-state index in [1.807, 2.05) is 0 Å². The number of hydrogen-bond acceptors (Lipinski definition) is 4. The van der Waals surface area contributed by atoms with Crippen LogP contribution in [0.4, 0.5) is 0 Å². The highest BCUT2D eigenvalue weighted by Crippen LogP contribution is 2.13. The van der Waals surface area contributed by atoms with Crippen molar-refractivity contribution in [2.24, 2.45) is 7.05 Å². The zero-order chi connectivity index (χ0) is 11.4. The van der Waals surface area contributed by atoms with E-state index in [0.717, 1.165) is 0 Å². The molecule has 0 bridgehead atoms. The molecule has 6 nitrogen and oxygen atoms in total. The van der Waals surface area contributed by atoms with Crippen LogP contribution in [0.15, 0.2) is 12.4 Å². The van der Waals surface area contributed by atoms with Crippen molar-refractivity contribution in [3.63, 3.8) is 0 Å². The quantitative estimate of drug-likeness (QED) is 0.595. The lowest BCUT2D eigenvalue weighted by molar-refractivity contribution is -0.119. The Hall–Kier alpha value is -1.40. The van der Waals surface area contributed by atoms with E-state index in [-0.39, 0.29) is 12.5 Å². The van der Waals surface area contributed by atoms with Gasteiger partial charge >= 0.3 is 0 Å². The second-order valence-electron chi connectivity index (χ2n) is 3.35. The minimum Gasteiger partial charge on any atom is -0.388 e. The van der Waals surface area contributed by atoms with Crippen LogP contribution < -0.4 is 5.32 Å². The van der Waals surface area contributed by atoms with Crippen molar-refractivity contribution >= 4 is 5.91 Å². The molecule has 6 heteroatoms. The number of amides is 1. The minimum absolute atomic E-state index is 0.00333. The molecule has 2 atom stereocenters. The van der Waals surface area contributed by atoms with E-state index in [2.05, 4.69) is 10.3 Å². The van der Waals surface area contributed by atoms with Gasteiger partial charge in [-0.1, -0.05) is 0 Å². The first-order chi connectivity index (χ1) is 7.02. The van der Waals surface area contributed by atoms with Crippen molar-refractivity contribution in [3.05, 3.63) is 18.2 Å². The van der Waals surface area contributed by atoms with Gasteiger partial charge in [-0.2, -0.15) is 0 Å². The van der Waals surface area contributed by atoms with Crippen molar-refractivity contribution in [2.45, 2.75) is 19.1 Å². The second-order valence-corrected chi connectivity index (χ2v) is 3.35. The predicted octanol–water partition coefficient (Wildman–Crippen LogP) is -1.05. The standard InChI is InChI=1S/C9H15N3O3/c1-6(13)11-5-7(14)8(15)9-10-3-4-12(9)2/h3-4,7-8,14-15H,5H2,1-2H3,(H,11,13). The summed E-state index contributed by atoms with van der Waals surface area (Å²) in [6, 6.07) is 0.